The zero-order valence-corrected chi connectivity index (χ0v) is 14.4. The van der Waals surface area contributed by atoms with Crippen LogP contribution < -0.4 is 0 Å². The molecule has 0 fully saturated rings. The lowest BCUT2D eigenvalue weighted by molar-refractivity contribution is -0.137. The van der Waals surface area contributed by atoms with Gasteiger partial charge in [0.15, 0.2) is 0 Å². The molecule has 0 saturated carbocycles. The fourth-order valence-electron chi connectivity index (χ4n) is 1.77. The molecule has 0 aromatic carbocycles. The Morgan fingerprint density at radius 3 is 2.12 bits per heavy atom. The summed E-state index contributed by atoms with van der Waals surface area (Å²) in [6.07, 6.45) is 21.5. The van der Waals surface area contributed by atoms with Crippen LogP contribution in [0.25, 0.3) is 0 Å². The second kappa shape index (κ2) is 16.0. The second-order valence-corrected chi connectivity index (χ2v) is 5.36. The van der Waals surface area contributed by atoms with E-state index in [1.54, 1.807) is 6.08 Å². The molecule has 0 aliphatic rings. The van der Waals surface area contributed by atoms with E-state index >= 15 is 0 Å². The summed E-state index contributed by atoms with van der Waals surface area (Å²) in [6.45, 7) is 1.83. The Hall–Kier alpha value is -1.91. The van der Waals surface area contributed by atoms with Gasteiger partial charge >= 0.3 is 5.97 Å². The normalized spacial score (nSPS) is 15.5. The first-order valence-electron chi connectivity index (χ1n) is 8.45. The molecule has 0 aromatic heterocycles. The fraction of sp³-hybridized carbons (Fsp3) is 0.450. The monoisotopic (exact) mass is 334 g/mol. The quantitative estimate of drug-likeness (QED) is 0.271. The molecule has 0 spiro atoms. The van der Waals surface area contributed by atoms with E-state index in [0.717, 1.165) is 12.8 Å². The maximum Gasteiger partial charge on any atom is 0.303 e. The van der Waals surface area contributed by atoms with E-state index in [2.05, 4.69) is 0 Å². The van der Waals surface area contributed by atoms with Crippen molar-refractivity contribution >= 4 is 5.97 Å². The molecular weight excluding hydrogens is 304 g/mol. The van der Waals surface area contributed by atoms with Gasteiger partial charge in [0.05, 0.1) is 12.2 Å². The van der Waals surface area contributed by atoms with Gasteiger partial charge in [-0.25, -0.2) is 0 Å². The van der Waals surface area contributed by atoms with Crippen molar-refractivity contribution in [2.24, 2.45) is 0 Å². The molecule has 24 heavy (non-hydrogen) atoms. The summed E-state index contributed by atoms with van der Waals surface area (Å²) in [7, 11) is 0. The standard InChI is InChI=1S/C20H30O4/c1-2-18(21)19(22)16-14-12-10-8-6-4-3-5-7-9-11-13-15-17-20(23)24/h3-6,8-11,14,16,18-19,21-22H,2,7,12-13,15,17H2,1H3,(H,23,24)/b5-3-,6-4-,10-8+,11-9-,16-14+/t18-,19-/m0/s1. The predicted molar refractivity (Wildman–Crippen MR) is 98.7 cm³/mol. The van der Waals surface area contributed by atoms with Crippen molar-refractivity contribution in [2.75, 3.05) is 0 Å². The number of aliphatic hydroxyl groups is 2. The van der Waals surface area contributed by atoms with Crippen LogP contribution in [0, 0.1) is 0 Å². The SMILES string of the molecule is CC[C@H](O)[C@@H](O)/C=C/C/C=C/C=C\C=C/C/C=C\CCCC(=O)O. The van der Waals surface area contributed by atoms with Gasteiger partial charge in [0.1, 0.15) is 0 Å². The van der Waals surface area contributed by atoms with Crippen LogP contribution in [-0.2, 0) is 4.79 Å². The van der Waals surface area contributed by atoms with Crippen LogP contribution in [0.2, 0.25) is 0 Å². The number of carbonyl (C=O) groups is 1. The van der Waals surface area contributed by atoms with Crippen LogP contribution >= 0.6 is 0 Å². The van der Waals surface area contributed by atoms with Gasteiger partial charge in [0.25, 0.3) is 0 Å². The lowest BCUT2D eigenvalue weighted by Crippen LogP contribution is -2.22. The van der Waals surface area contributed by atoms with Gasteiger partial charge in [-0.3, -0.25) is 4.79 Å². The van der Waals surface area contributed by atoms with Crippen molar-refractivity contribution in [3.05, 3.63) is 60.8 Å². The van der Waals surface area contributed by atoms with E-state index in [0.29, 0.717) is 19.3 Å². The third kappa shape index (κ3) is 15.0. The van der Waals surface area contributed by atoms with E-state index in [1.165, 1.54) is 0 Å². The Kier molecular flexibility index (Phi) is 14.7. The minimum atomic E-state index is -0.793. The van der Waals surface area contributed by atoms with Gasteiger partial charge in [-0.1, -0.05) is 67.7 Å². The highest BCUT2D eigenvalue weighted by atomic mass is 16.4. The van der Waals surface area contributed by atoms with Gasteiger partial charge in [-0.15, -0.1) is 0 Å². The maximum absolute atomic E-state index is 10.3. The molecule has 4 nitrogen and oxygen atoms in total. The average molecular weight is 334 g/mol. The van der Waals surface area contributed by atoms with Gasteiger partial charge in [0, 0.05) is 6.42 Å². The van der Waals surface area contributed by atoms with E-state index in [9.17, 15) is 15.0 Å². The first kappa shape index (κ1) is 22.1. The van der Waals surface area contributed by atoms with Crippen molar-refractivity contribution in [1.29, 1.82) is 0 Å². The minimum absolute atomic E-state index is 0.225. The van der Waals surface area contributed by atoms with Crippen molar-refractivity contribution in [2.45, 2.75) is 57.7 Å². The van der Waals surface area contributed by atoms with Crippen LogP contribution in [0.3, 0.4) is 0 Å². The molecule has 3 N–H and O–H groups in total. The molecular formula is C20H30O4. The molecule has 0 rings (SSSR count). The van der Waals surface area contributed by atoms with Crippen LogP contribution in [-0.4, -0.2) is 33.5 Å². The van der Waals surface area contributed by atoms with E-state index in [4.69, 9.17) is 5.11 Å². The summed E-state index contributed by atoms with van der Waals surface area (Å²) in [4.78, 5) is 10.3. The summed E-state index contributed by atoms with van der Waals surface area (Å²) in [5, 5.41) is 27.4. The molecule has 134 valence electrons. The van der Waals surface area contributed by atoms with Crippen LogP contribution in [0.1, 0.15) is 45.4 Å². The zero-order chi connectivity index (χ0) is 18.0. The van der Waals surface area contributed by atoms with Crippen molar-refractivity contribution in [3.63, 3.8) is 0 Å². The lowest BCUT2D eigenvalue weighted by atomic mass is 10.1. The third-order valence-electron chi connectivity index (χ3n) is 3.22. The first-order valence-corrected chi connectivity index (χ1v) is 8.45. The largest absolute Gasteiger partial charge is 0.481 e. The van der Waals surface area contributed by atoms with Crippen LogP contribution in [0.15, 0.2) is 60.8 Å². The number of hydrogen-bond donors (Lipinski definition) is 3. The highest BCUT2D eigenvalue weighted by Gasteiger charge is 2.08. The van der Waals surface area contributed by atoms with E-state index in [-0.39, 0.29) is 6.42 Å². The van der Waals surface area contributed by atoms with Crippen LogP contribution in [0.5, 0.6) is 0 Å². The number of hydrogen-bond acceptors (Lipinski definition) is 3. The summed E-state index contributed by atoms with van der Waals surface area (Å²) < 4.78 is 0. The molecule has 0 heterocycles. The Morgan fingerprint density at radius 2 is 1.54 bits per heavy atom. The molecule has 4 heteroatoms. The Morgan fingerprint density at radius 1 is 0.917 bits per heavy atom. The van der Waals surface area contributed by atoms with Gasteiger partial charge in [-0.05, 0) is 32.1 Å². The number of carboxylic acids is 1. The van der Waals surface area contributed by atoms with Gasteiger partial charge in [-0.2, -0.15) is 0 Å². The molecule has 0 saturated heterocycles. The summed E-state index contributed by atoms with van der Waals surface area (Å²) in [5.41, 5.74) is 0. The molecule has 0 aliphatic carbocycles. The number of allylic oxidation sites excluding steroid dienone is 9. The Labute approximate surface area is 145 Å². The smallest absolute Gasteiger partial charge is 0.303 e. The van der Waals surface area contributed by atoms with Gasteiger partial charge in [0.2, 0.25) is 0 Å². The summed E-state index contributed by atoms with van der Waals surface area (Å²) in [5.74, 6) is -0.744. The number of aliphatic hydroxyl groups excluding tert-OH is 2. The third-order valence-corrected chi connectivity index (χ3v) is 3.22. The second-order valence-electron chi connectivity index (χ2n) is 5.36. The van der Waals surface area contributed by atoms with Gasteiger partial charge < -0.3 is 15.3 Å². The number of carboxylic acid groups (broad SMARTS) is 1. The Bertz CT molecular complexity index is 458. The van der Waals surface area contributed by atoms with Crippen molar-refractivity contribution < 1.29 is 20.1 Å². The molecule has 0 radical (unpaired) electrons. The zero-order valence-electron chi connectivity index (χ0n) is 14.4. The topological polar surface area (TPSA) is 77.8 Å². The first-order chi connectivity index (χ1) is 11.6. The van der Waals surface area contributed by atoms with Crippen molar-refractivity contribution in [3.8, 4) is 0 Å². The number of unbranched alkanes of at least 4 members (excludes halogenated alkanes) is 1. The van der Waals surface area contributed by atoms with E-state index in [1.807, 2.05) is 61.6 Å². The highest BCUT2D eigenvalue weighted by molar-refractivity contribution is 5.66. The van der Waals surface area contributed by atoms with Crippen molar-refractivity contribution in [1.82, 2.24) is 0 Å². The molecule has 0 bridgehead atoms. The molecule has 0 amide bonds. The average Bonchev–Trinajstić information content (AvgIpc) is 2.57. The van der Waals surface area contributed by atoms with E-state index < -0.39 is 18.2 Å². The summed E-state index contributed by atoms with van der Waals surface area (Å²) >= 11 is 0. The van der Waals surface area contributed by atoms with Crippen LogP contribution in [0.4, 0.5) is 0 Å². The fourth-order valence-corrected chi connectivity index (χ4v) is 1.77. The minimum Gasteiger partial charge on any atom is -0.481 e. The predicted octanol–water partition coefficient (Wildman–Crippen LogP) is 3.93. The molecule has 0 aliphatic heterocycles. The Balaban J connectivity index is 3.71. The molecule has 0 unspecified atom stereocenters. The molecule has 2 atom stereocenters. The number of aliphatic carboxylic acids is 1. The number of rotatable bonds is 13. The maximum atomic E-state index is 10.3. The molecule has 0 aromatic rings. The summed E-state index contributed by atoms with van der Waals surface area (Å²) in [6, 6.07) is 0. The lowest BCUT2D eigenvalue weighted by Gasteiger charge is -2.10. The highest BCUT2D eigenvalue weighted by Crippen LogP contribution is 2.01.